The summed E-state index contributed by atoms with van der Waals surface area (Å²) in [4.78, 5) is 13.2. The Kier molecular flexibility index (Phi) is 5.47. The fourth-order valence-corrected chi connectivity index (χ4v) is 2.04. The summed E-state index contributed by atoms with van der Waals surface area (Å²) in [7, 11) is 1.59. The topological polar surface area (TPSA) is 20.3 Å². The second-order valence-corrected chi connectivity index (χ2v) is 5.92. The highest BCUT2D eigenvalue weighted by Crippen LogP contribution is 2.25. The second kappa shape index (κ2) is 6.46. The number of carbonyl (C=O) groups is 1. The van der Waals surface area contributed by atoms with Crippen LogP contribution < -0.4 is 0 Å². The van der Waals surface area contributed by atoms with E-state index in [0.717, 1.165) is 18.2 Å². The van der Waals surface area contributed by atoms with Crippen LogP contribution in [0.4, 0.5) is 8.78 Å². The predicted molar refractivity (Wildman–Crippen MR) is 75.1 cm³/mol. The fraction of sp³-hybridized carbons (Fsp3) is 0.500. The van der Waals surface area contributed by atoms with Crippen molar-refractivity contribution in [3.8, 4) is 0 Å². The highest BCUT2D eigenvalue weighted by atomic mass is 79.9. The van der Waals surface area contributed by atoms with Gasteiger partial charge in [-0.15, -0.1) is 0 Å². The molecule has 1 aromatic rings. The monoisotopic (exact) mass is 333 g/mol. The van der Waals surface area contributed by atoms with Crippen molar-refractivity contribution in [3.63, 3.8) is 0 Å². The van der Waals surface area contributed by atoms with E-state index in [9.17, 15) is 13.6 Å². The Balaban J connectivity index is 2.96. The Morgan fingerprint density at radius 1 is 1.26 bits per heavy atom. The van der Waals surface area contributed by atoms with Crippen molar-refractivity contribution >= 4 is 21.8 Å². The van der Waals surface area contributed by atoms with Crippen LogP contribution in [0.1, 0.15) is 32.4 Å². The minimum Gasteiger partial charge on any atom is -0.338 e. The molecule has 0 bridgehead atoms. The highest BCUT2D eigenvalue weighted by Gasteiger charge is 2.27. The summed E-state index contributed by atoms with van der Waals surface area (Å²) in [5.41, 5.74) is 0.180. The van der Waals surface area contributed by atoms with Crippen molar-refractivity contribution in [2.75, 3.05) is 7.05 Å². The zero-order valence-corrected chi connectivity index (χ0v) is 13.0. The lowest BCUT2D eigenvalue weighted by Gasteiger charge is -2.28. The van der Waals surface area contributed by atoms with Crippen LogP contribution in [0.3, 0.4) is 0 Å². The Bertz CT molecular complexity index is 465. The van der Waals surface area contributed by atoms with E-state index in [1.54, 1.807) is 14.0 Å². The molecule has 0 aliphatic rings. The zero-order valence-electron chi connectivity index (χ0n) is 11.5. The van der Waals surface area contributed by atoms with Crippen molar-refractivity contribution in [1.29, 1.82) is 0 Å². The number of hydrogen-bond donors (Lipinski definition) is 0. The van der Waals surface area contributed by atoms with Gasteiger partial charge < -0.3 is 4.90 Å². The highest BCUT2D eigenvalue weighted by molar-refractivity contribution is 9.10. The number of benzene rings is 1. The molecule has 5 heteroatoms. The molecule has 0 aromatic heterocycles. The molecule has 0 aliphatic carbocycles. The van der Waals surface area contributed by atoms with Gasteiger partial charge in [-0.2, -0.15) is 0 Å². The lowest BCUT2D eigenvalue weighted by molar-refractivity contribution is -0.131. The number of halogens is 3. The lowest BCUT2D eigenvalue weighted by atomic mass is 10.0. The Morgan fingerprint density at radius 2 is 1.84 bits per heavy atom. The maximum absolute atomic E-state index is 13.7. The van der Waals surface area contributed by atoms with Crippen LogP contribution in [0, 0.1) is 17.6 Å². The van der Waals surface area contributed by atoms with Crippen molar-refractivity contribution in [3.05, 3.63) is 35.4 Å². The molecule has 19 heavy (non-hydrogen) atoms. The average molecular weight is 334 g/mol. The minimum atomic E-state index is -0.526. The molecule has 2 nitrogen and oxygen atoms in total. The number of carbonyl (C=O) groups excluding carboxylic acids is 1. The third kappa shape index (κ3) is 3.75. The summed E-state index contributed by atoms with van der Waals surface area (Å²) in [6.07, 6.45) is 0. The predicted octanol–water partition coefficient (Wildman–Crippen LogP) is 3.90. The van der Waals surface area contributed by atoms with Crippen molar-refractivity contribution in [1.82, 2.24) is 4.90 Å². The third-order valence-electron chi connectivity index (χ3n) is 3.16. The Morgan fingerprint density at radius 3 is 2.37 bits per heavy atom. The number of amides is 1. The number of rotatable bonds is 4. The normalized spacial score (nSPS) is 14.3. The molecule has 2 unspecified atom stereocenters. The van der Waals surface area contributed by atoms with Crippen molar-refractivity contribution < 1.29 is 13.6 Å². The van der Waals surface area contributed by atoms with Gasteiger partial charge in [-0.1, -0.05) is 29.8 Å². The van der Waals surface area contributed by atoms with E-state index in [0.29, 0.717) is 0 Å². The van der Waals surface area contributed by atoms with E-state index in [1.165, 1.54) is 4.90 Å². The van der Waals surface area contributed by atoms with Crippen LogP contribution in [0.5, 0.6) is 0 Å². The molecule has 0 fully saturated rings. The van der Waals surface area contributed by atoms with Gasteiger partial charge in [0, 0.05) is 12.6 Å². The molecule has 1 amide bonds. The van der Waals surface area contributed by atoms with Gasteiger partial charge in [0.1, 0.15) is 11.6 Å². The van der Waals surface area contributed by atoms with Crippen LogP contribution in [0.15, 0.2) is 18.2 Å². The number of nitrogens with zero attached hydrogens (tertiary/aromatic N) is 1. The Hall–Kier alpha value is -0.970. The molecule has 0 aliphatic heterocycles. The van der Waals surface area contributed by atoms with Crippen molar-refractivity contribution in [2.24, 2.45) is 5.92 Å². The van der Waals surface area contributed by atoms with Gasteiger partial charge >= 0.3 is 0 Å². The van der Waals surface area contributed by atoms with Crippen LogP contribution >= 0.6 is 15.9 Å². The molecular weight excluding hydrogens is 316 g/mol. The summed E-state index contributed by atoms with van der Waals surface area (Å²) >= 11 is 3.32. The smallest absolute Gasteiger partial charge is 0.236 e. The number of alkyl halides is 1. The summed E-state index contributed by atoms with van der Waals surface area (Å²) in [6, 6.07) is 2.74. The number of hydrogen-bond acceptors (Lipinski definition) is 1. The summed E-state index contributed by atoms with van der Waals surface area (Å²) in [5, 5.41) is 0. The molecule has 2 atom stereocenters. The SMILES string of the molecule is CC(C)C(Br)C(=O)N(C)C(C)c1cc(F)ccc1F. The maximum atomic E-state index is 13.7. The van der Waals surface area contributed by atoms with E-state index < -0.39 is 17.7 Å². The molecule has 1 rings (SSSR count). The molecule has 1 aromatic carbocycles. The van der Waals surface area contributed by atoms with Crippen molar-refractivity contribution in [2.45, 2.75) is 31.6 Å². The van der Waals surface area contributed by atoms with E-state index in [2.05, 4.69) is 15.9 Å². The van der Waals surface area contributed by atoms with Gasteiger partial charge in [0.05, 0.1) is 10.9 Å². The Labute approximate surface area is 120 Å². The van der Waals surface area contributed by atoms with Crippen LogP contribution in [0.2, 0.25) is 0 Å². The largest absolute Gasteiger partial charge is 0.338 e. The first-order valence-electron chi connectivity index (χ1n) is 6.11. The molecule has 106 valence electrons. The van der Waals surface area contributed by atoms with Crippen LogP contribution in [-0.2, 0) is 4.79 Å². The zero-order chi connectivity index (χ0) is 14.7. The van der Waals surface area contributed by atoms with Gasteiger partial charge in [0.2, 0.25) is 5.91 Å². The summed E-state index contributed by atoms with van der Waals surface area (Å²) < 4.78 is 26.9. The van der Waals surface area contributed by atoms with Gasteiger partial charge in [-0.05, 0) is 31.0 Å². The second-order valence-electron chi connectivity index (χ2n) is 4.94. The summed E-state index contributed by atoms with van der Waals surface area (Å²) in [6.45, 7) is 5.51. The first kappa shape index (κ1) is 16.1. The van der Waals surface area contributed by atoms with Gasteiger partial charge in [0.15, 0.2) is 0 Å². The van der Waals surface area contributed by atoms with E-state index in [-0.39, 0.29) is 22.2 Å². The van der Waals surface area contributed by atoms with Gasteiger partial charge in [-0.3, -0.25) is 4.79 Å². The summed E-state index contributed by atoms with van der Waals surface area (Å²) in [5.74, 6) is -1.04. The molecule has 0 spiro atoms. The fourth-order valence-electron chi connectivity index (χ4n) is 1.71. The molecule has 0 heterocycles. The first-order chi connectivity index (χ1) is 8.75. The van der Waals surface area contributed by atoms with E-state index in [1.807, 2.05) is 13.8 Å². The quantitative estimate of drug-likeness (QED) is 0.765. The molecule has 0 N–H and O–H groups in total. The molecule has 0 saturated carbocycles. The van der Waals surface area contributed by atoms with Crippen LogP contribution in [-0.4, -0.2) is 22.7 Å². The molecule has 0 radical (unpaired) electrons. The lowest BCUT2D eigenvalue weighted by Crippen LogP contribution is -2.37. The average Bonchev–Trinajstić information content (AvgIpc) is 2.37. The van der Waals surface area contributed by atoms with Gasteiger partial charge in [-0.25, -0.2) is 8.78 Å². The van der Waals surface area contributed by atoms with E-state index in [4.69, 9.17) is 0 Å². The maximum Gasteiger partial charge on any atom is 0.236 e. The third-order valence-corrected chi connectivity index (χ3v) is 4.61. The molecular formula is C14H18BrF2NO. The van der Waals surface area contributed by atoms with Gasteiger partial charge in [0.25, 0.3) is 0 Å². The van der Waals surface area contributed by atoms with Crippen LogP contribution in [0.25, 0.3) is 0 Å². The first-order valence-corrected chi connectivity index (χ1v) is 7.03. The molecule has 0 saturated heterocycles. The minimum absolute atomic E-state index is 0.125. The van der Waals surface area contributed by atoms with E-state index >= 15 is 0 Å². The standard InChI is InChI=1S/C14H18BrF2NO/c1-8(2)13(15)14(19)18(4)9(3)11-7-10(16)5-6-12(11)17/h5-9,13H,1-4H3.